The molecule has 9 heteroatoms. The summed E-state index contributed by atoms with van der Waals surface area (Å²) >= 11 is 4.58. The zero-order chi connectivity index (χ0) is 19.2. The van der Waals surface area contributed by atoms with Crippen molar-refractivity contribution in [3.05, 3.63) is 76.5 Å². The van der Waals surface area contributed by atoms with E-state index in [2.05, 4.69) is 20.5 Å². The molecule has 28 heavy (non-hydrogen) atoms. The molecule has 0 fully saturated rings. The van der Waals surface area contributed by atoms with Crippen molar-refractivity contribution in [1.29, 1.82) is 0 Å². The lowest BCUT2D eigenvalue weighted by Gasteiger charge is -2.02. The van der Waals surface area contributed by atoms with Gasteiger partial charge in [0.25, 0.3) is 0 Å². The van der Waals surface area contributed by atoms with Crippen molar-refractivity contribution in [2.75, 3.05) is 5.32 Å². The first-order valence-corrected chi connectivity index (χ1v) is 11.0. The number of halogens is 1. The summed E-state index contributed by atoms with van der Waals surface area (Å²) in [6, 6.07) is 15.9. The molecule has 0 bridgehead atoms. The highest BCUT2D eigenvalue weighted by Crippen LogP contribution is 2.30. The van der Waals surface area contributed by atoms with E-state index in [0.717, 1.165) is 20.8 Å². The molecule has 5 nitrogen and oxygen atoms in total. The van der Waals surface area contributed by atoms with Crippen molar-refractivity contribution in [3.63, 3.8) is 0 Å². The van der Waals surface area contributed by atoms with Gasteiger partial charge in [0.15, 0.2) is 4.34 Å². The number of nitrogens with zero attached hydrogens (tertiary/aromatic N) is 3. The van der Waals surface area contributed by atoms with Crippen molar-refractivity contribution in [3.8, 4) is 5.75 Å². The molecule has 0 atom stereocenters. The van der Waals surface area contributed by atoms with Gasteiger partial charge in [0.05, 0.1) is 5.69 Å². The first kappa shape index (κ1) is 18.9. The molecule has 0 aliphatic rings. The quantitative estimate of drug-likeness (QED) is 0.359. The summed E-state index contributed by atoms with van der Waals surface area (Å²) in [6.07, 6.45) is 0. The van der Waals surface area contributed by atoms with Crippen LogP contribution >= 0.6 is 34.4 Å². The smallest absolute Gasteiger partial charge is 0.210 e. The number of thiazole rings is 1. The van der Waals surface area contributed by atoms with Crippen LogP contribution in [0.1, 0.15) is 10.7 Å². The van der Waals surface area contributed by atoms with Crippen LogP contribution in [0.3, 0.4) is 0 Å². The Morgan fingerprint density at radius 1 is 1.07 bits per heavy atom. The number of hydrogen-bond donors (Lipinski definition) is 1. The van der Waals surface area contributed by atoms with Gasteiger partial charge in [-0.15, -0.1) is 21.5 Å². The average molecular weight is 431 g/mol. The van der Waals surface area contributed by atoms with E-state index >= 15 is 0 Å². The average Bonchev–Trinajstić information content (AvgIpc) is 3.35. The van der Waals surface area contributed by atoms with Crippen molar-refractivity contribution in [2.45, 2.75) is 16.7 Å². The third-order valence-corrected chi connectivity index (χ3v) is 6.41. The van der Waals surface area contributed by atoms with Crippen LogP contribution in [-0.4, -0.2) is 15.2 Å². The van der Waals surface area contributed by atoms with Crippen LogP contribution in [0.25, 0.3) is 0 Å². The van der Waals surface area contributed by atoms with E-state index in [4.69, 9.17) is 4.74 Å². The van der Waals surface area contributed by atoms with Crippen LogP contribution in [0, 0.1) is 5.82 Å². The maximum absolute atomic E-state index is 13.2. The number of rotatable bonds is 8. The number of benzene rings is 2. The minimum absolute atomic E-state index is 0.292. The maximum atomic E-state index is 13.2. The summed E-state index contributed by atoms with van der Waals surface area (Å²) < 4.78 is 19.8. The number of thioether (sulfide) groups is 1. The first-order chi connectivity index (χ1) is 13.7. The fraction of sp³-hybridized carbons (Fsp3) is 0.105. The molecule has 0 unspecified atom stereocenters. The molecule has 142 valence electrons. The maximum Gasteiger partial charge on any atom is 0.210 e. The summed E-state index contributed by atoms with van der Waals surface area (Å²) in [4.78, 5) is 4.60. The van der Waals surface area contributed by atoms with E-state index in [9.17, 15) is 4.39 Å². The van der Waals surface area contributed by atoms with Crippen LogP contribution < -0.4 is 10.1 Å². The second kappa shape index (κ2) is 9.13. The number of anilines is 2. The number of ether oxygens (including phenoxy) is 1. The molecule has 0 saturated heterocycles. The third-order valence-electron chi connectivity index (χ3n) is 3.53. The Morgan fingerprint density at radius 3 is 2.82 bits per heavy atom. The van der Waals surface area contributed by atoms with E-state index in [-0.39, 0.29) is 5.82 Å². The molecule has 4 rings (SSSR count). The molecule has 0 aliphatic heterocycles. The molecule has 2 aromatic heterocycles. The van der Waals surface area contributed by atoms with Gasteiger partial charge in [0.1, 0.15) is 23.2 Å². The number of nitrogens with one attached hydrogen (secondary N) is 1. The zero-order valence-electron chi connectivity index (χ0n) is 14.5. The Morgan fingerprint density at radius 2 is 1.96 bits per heavy atom. The fourth-order valence-corrected chi connectivity index (χ4v) is 4.76. The lowest BCUT2D eigenvalue weighted by atomic mass is 10.3. The van der Waals surface area contributed by atoms with E-state index in [0.29, 0.717) is 23.2 Å². The summed E-state index contributed by atoms with van der Waals surface area (Å²) in [5.74, 6) is 1.25. The molecule has 0 radical (unpaired) electrons. The number of hydrogen-bond acceptors (Lipinski definition) is 8. The lowest BCUT2D eigenvalue weighted by Crippen LogP contribution is -1.94. The molecule has 0 spiro atoms. The predicted octanol–water partition coefficient (Wildman–Crippen LogP) is 5.75. The second-order valence-corrected chi connectivity index (χ2v) is 8.77. The molecule has 1 N–H and O–H groups in total. The van der Waals surface area contributed by atoms with Gasteiger partial charge >= 0.3 is 0 Å². The summed E-state index contributed by atoms with van der Waals surface area (Å²) in [6.45, 7) is 0.458. The topological polar surface area (TPSA) is 59.9 Å². The normalized spacial score (nSPS) is 10.8. The van der Waals surface area contributed by atoms with Crippen LogP contribution in [0.2, 0.25) is 0 Å². The van der Waals surface area contributed by atoms with Crippen molar-refractivity contribution >= 4 is 45.3 Å². The molecule has 0 saturated carbocycles. The van der Waals surface area contributed by atoms with Gasteiger partial charge in [0.2, 0.25) is 5.13 Å². The van der Waals surface area contributed by atoms with E-state index in [1.165, 1.54) is 23.5 Å². The van der Waals surface area contributed by atoms with Crippen LogP contribution in [-0.2, 0) is 12.4 Å². The Bertz CT molecular complexity index is 1040. The van der Waals surface area contributed by atoms with Crippen molar-refractivity contribution < 1.29 is 9.13 Å². The molecule has 2 heterocycles. The highest BCUT2D eigenvalue weighted by atomic mass is 32.2. The van der Waals surface area contributed by atoms with Gasteiger partial charge in [0, 0.05) is 16.8 Å². The molecular weight excluding hydrogens is 415 g/mol. The predicted molar refractivity (Wildman–Crippen MR) is 112 cm³/mol. The molecular formula is C19H15FN4OS3. The molecule has 0 amide bonds. The van der Waals surface area contributed by atoms with E-state index < -0.39 is 0 Å². The van der Waals surface area contributed by atoms with Gasteiger partial charge in [-0.05, 0) is 30.3 Å². The van der Waals surface area contributed by atoms with Gasteiger partial charge < -0.3 is 10.1 Å². The SMILES string of the molecule is Fc1cccc(Nc2nnc(SCc3csc(COc4ccccc4)n3)s2)c1. The van der Waals surface area contributed by atoms with Gasteiger partial charge in [-0.1, -0.05) is 47.4 Å². The number of aromatic nitrogens is 3. The largest absolute Gasteiger partial charge is 0.486 e. The molecule has 0 aliphatic carbocycles. The third kappa shape index (κ3) is 5.28. The highest BCUT2D eigenvalue weighted by Gasteiger charge is 2.08. The standard InChI is InChI=1S/C19H15FN4OS3/c20-13-5-4-6-14(9-13)22-18-23-24-19(28-18)27-12-15-11-26-17(21-15)10-25-16-7-2-1-3-8-16/h1-9,11H,10,12H2,(H,22,23). The Kier molecular flexibility index (Phi) is 6.15. The minimum atomic E-state index is -0.292. The van der Waals surface area contributed by atoms with Crippen molar-refractivity contribution in [1.82, 2.24) is 15.2 Å². The summed E-state index contributed by atoms with van der Waals surface area (Å²) in [7, 11) is 0. The Balaban J connectivity index is 1.28. The zero-order valence-corrected chi connectivity index (χ0v) is 17.0. The number of para-hydroxylation sites is 1. The van der Waals surface area contributed by atoms with Gasteiger partial charge in [-0.25, -0.2) is 9.37 Å². The van der Waals surface area contributed by atoms with Crippen LogP contribution in [0.15, 0.2) is 64.3 Å². The second-order valence-electron chi connectivity index (χ2n) is 5.63. The van der Waals surface area contributed by atoms with E-state index in [1.807, 2.05) is 35.7 Å². The first-order valence-electron chi connectivity index (χ1n) is 8.34. The fourth-order valence-electron chi connectivity index (χ4n) is 2.29. The Hall–Kier alpha value is -2.49. The van der Waals surface area contributed by atoms with Crippen LogP contribution in [0.4, 0.5) is 15.2 Å². The van der Waals surface area contributed by atoms with Crippen molar-refractivity contribution in [2.24, 2.45) is 0 Å². The summed E-state index contributed by atoms with van der Waals surface area (Å²) in [5.41, 5.74) is 1.63. The van der Waals surface area contributed by atoms with Gasteiger partial charge in [-0.2, -0.15) is 0 Å². The monoisotopic (exact) mass is 430 g/mol. The van der Waals surface area contributed by atoms with Gasteiger partial charge in [-0.3, -0.25) is 0 Å². The highest BCUT2D eigenvalue weighted by molar-refractivity contribution is 8.00. The summed E-state index contributed by atoms with van der Waals surface area (Å²) in [5, 5.41) is 14.9. The molecule has 2 aromatic carbocycles. The minimum Gasteiger partial charge on any atom is -0.486 e. The molecule has 4 aromatic rings. The van der Waals surface area contributed by atoms with Crippen LogP contribution in [0.5, 0.6) is 5.75 Å². The lowest BCUT2D eigenvalue weighted by molar-refractivity contribution is 0.305. The Labute approximate surface area is 173 Å². The van der Waals surface area contributed by atoms with E-state index in [1.54, 1.807) is 35.2 Å².